The molecule has 0 saturated heterocycles. The monoisotopic (exact) mass is 342 g/mol. The van der Waals surface area contributed by atoms with Crippen LogP contribution in [0.25, 0.3) is 0 Å². The summed E-state index contributed by atoms with van der Waals surface area (Å²) in [7, 11) is 3.23. The van der Waals surface area contributed by atoms with E-state index in [-0.39, 0.29) is 5.91 Å². The lowest BCUT2D eigenvalue weighted by Gasteiger charge is -2.12. The smallest absolute Gasteiger partial charge is 0.251 e. The van der Waals surface area contributed by atoms with E-state index in [0.29, 0.717) is 23.9 Å². The molecule has 25 heavy (non-hydrogen) atoms. The van der Waals surface area contributed by atoms with E-state index in [1.54, 1.807) is 26.3 Å². The molecule has 1 aromatic carbocycles. The van der Waals surface area contributed by atoms with Gasteiger partial charge < -0.3 is 15.4 Å². The lowest BCUT2D eigenvalue weighted by atomic mass is 10.1. The molecule has 1 aliphatic rings. The van der Waals surface area contributed by atoms with Gasteiger partial charge in [0.15, 0.2) is 0 Å². The van der Waals surface area contributed by atoms with Crippen molar-refractivity contribution < 1.29 is 9.53 Å². The first-order valence-corrected chi connectivity index (χ1v) is 8.81. The van der Waals surface area contributed by atoms with Gasteiger partial charge in [0.2, 0.25) is 0 Å². The maximum Gasteiger partial charge on any atom is 0.251 e. The average molecular weight is 342 g/mol. The molecule has 1 heterocycles. The molecule has 0 bridgehead atoms. The number of carbonyl (C=O) groups excluding carboxylic acids is 1. The molecular weight excluding hydrogens is 316 g/mol. The molecule has 2 N–H and O–H groups in total. The number of aromatic nitrogens is 2. The first kappa shape index (κ1) is 17.3. The highest BCUT2D eigenvalue weighted by Crippen LogP contribution is 2.30. The highest BCUT2D eigenvalue weighted by atomic mass is 16.5. The van der Waals surface area contributed by atoms with Crippen LogP contribution in [0.15, 0.2) is 24.4 Å². The number of carbonyl (C=O) groups is 1. The van der Waals surface area contributed by atoms with E-state index < -0.39 is 0 Å². The molecule has 0 atom stereocenters. The Hall–Kier alpha value is -2.50. The fourth-order valence-electron chi connectivity index (χ4n) is 3.36. The summed E-state index contributed by atoms with van der Waals surface area (Å²) in [6.07, 6.45) is 7.20. The molecule has 0 aliphatic heterocycles. The van der Waals surface area contributed by atoms with Gasteiger partial charge in [-0.25, -0.2) is 0 Å². The van der Waals surface area contributed by atoms with Gasteiger partial charge in [-0.15, -0.1) is 0 Å². The molecule has 2 aromatic rings. The maximum atomic E-state index is 11.7. The number of nitrogens with zero attached hydrogens (tertiary/aromatic N) is 2. The number of aryl methyl sites for hydroxylation is 1. The number of amides is 1. The largest absolute Gasteiger partial charge is 0.495 e. The van der Waals surface area contributed by atoms with Crippen LogP contribution in [0, 0.1) is 6.92 Å². The summed E-state index contributed by atoms with van der Waals surface area (Å²) < 4.78 is 7.55. The van der Waals surface area contributed by atoms with Gasteiger partial charge in [0, 0.05) is 30.9 Å². The number of hydrogen-bond acceptors (Lipinski definition) is 4. The predicted octanol–water partition coefficient (Wildman–Crippen LogP) is 3.29. The highest BCUT2D eigenvalue weighted by Gasteiger charge is 2.19. The Morgan fingerprint density at radius 2 is 2.12 bits per heavy atom. The number of anilines is 1. The summed E-state index contributed by atoms with van der Waals surface area (Å²) in [5.74, 6) is 0.528. The second-order valence-corrected chi connectivity index (χ2v) is 6.51. The molecule has 3 rings (SSSR count). The van der Waals surface area contributed by atoms with E-state index in [9.17, 15) is 4.79 Å². The topological polar surface area (TPSA) is 68.2 Å². The summed E-state index contributed by atoms with van der Waals surface area (Å²) in [5, 5.41) is 10.7. The molecule has 1 aromatic heterocycles. The minimum Gasteiger partial charge on any atom is -0.495 e. The van der Waals surface area contributed by atoms with Crippen molar-refractivity contribution in [1.82, 2.24) is 15.1 Å². The zero-order chi connectivity index (χ0) is 17.8. The summed E-state index contributed by atoms with van der Waals surface area (Å²) in [5.41, 5.74) is 3.68. The van der Waals surface area contributed by atoms with Gasteiger partial charge in [-0.2, -0.15) is 5.10 Å². The van der Waals surface area contributed by atoms with E-state index in [1.807, 2.05) is 13.0 Å². The molecule has 0 spiro atoms. The van der Waals surface area contributed by atoms with Crippen LogP contribution < -0.4 is 15.4 Å². The number of rotatable bonds is 6. The van der Waals surface area contributed by atoms with Gasteiger partial charge in [-0.3, -0.25) is 9.48 Å². The van der Waals surface area contributed by atoms with E-state index >= 15 is 0 Å². The Bertz CT molecular complexity index is 748. The van der Waals surface area contributed by atoms with Crippen LogP contribution in [0.3, 0.4) is 0 Å². The normalized spacial score (nSPS) is 14.5. The van der Waals surface area contributed by atoms with Crippen LogP contribution in [0.5, 0.6) is 5.75 Å². The van der Waals surface area contributed by atoms with Gasteiger partial charge in [0.05, 0.1) is 24.5 Å². The number of methoxy groups -OCH3 is 1. The lowest BCUT2D eigenvalue weighted by Crippen LogP contribution is -2.17. The third-order valence-corrected chi connectivity index (χ3v) is 4.88. The van der Waals surface area contributed by atoms with Crippen molar-refractivity contribution in [3.8, 4) is 5.75 Å². The minimum atomic E-state index is -0.126. The van der Waals surface area contributed by atoms with Crippen molar-refractivity contribution in [3.63, 3.8) is 0 Å². The summed E-state index contributed by atoms with van der Waals surface area (Å²) >= 11 is 0. The van der Waals surface area contributed by atoms with Crippen molar-refractivity contribution in [2.45, 2.75) is 45.2 Å². The zero-order valence-corrected chi connectivity index (χ0v) is 15.1. The highest BCUT2D eigenvalue weighted by molar-refractivity contribution is 5.95. The second kappa shape index (κ2) is 7.59. The van der Waals surface area contributed by atoms with Crippen molar-refractivity contribution in [2.75, 3.05) is 19.5 Å². The van der Waals surface area contributed by atoms with E-state index in [0.717, 1.165) is 11.4 Å². The third-order valence-electron chi connectivity index (χ3n) is 4.88. The Kier molecular flexibility index (Phi) is 5.26. The molecule has 1 aliphatic carbocycles. The van der Waals surface area contributed by atoms with Crippen molar-refractivity contribution in [2.24, 2.45) is 0 Å². The molecule has 1 fully saturated rings. The Morgan fingerprint density at radius 1 is 1.36 bits per heavy atom. The molecule has 134 valence electrons. The fraction of sp³-hybridized carbons (Fsp3) is 0.474. The molecule has 0 unspecified atom stereocenters. The van der Waals surface area contributed by atoms with Crippen LogP contribution in [0.1, 0.15) is 53.3 Å². The number of hydrogen-bond donors (Lipinski definition) is 2. The Labute approximate surface area is 148 Å². The SMILES string of the molecule is CNC(=O)c1ccc(NCc2cn(C3CCCC3)nc2C)c(OC)c1. The maximum absolute atomic E-state index is 11.7. The van der Waals surface area contributed by atoms with E-state index in [1.165, 1.54) is 31.2 Å². The quantitative estimate of drug-likeness (QED) is 0.845. The van der Waals surface area contributed by atoms with Crippen LogP contribution >= 0.6 is 0 Å². The molecule has 0 radical (unpaired) electrons. The fourth-order valence-corrected chi connectivity index (χ4v) is 3.36. The molecule has 6 nitrogen and oxygen atoms in total. The van der Waals surface area contributed by atoms with E-state index in [2.05, 4.69) is 26.6 Å². The average Bonchev–Trinajstić information content (AvgIpc) is 3.29. The molecule has 1 amide bonds. The van der Waals surface area contributed by atoms with Crippen molar-refractivity contribution in [1.29, 1.82) is 0 Å². The Morgan fingerprint density at radius 3 is 2.80 bits per heavy atom. The minimum absolute atomic E-state index is 0.126. The predicted molar refractivity (Wildman–Crippen MR) is 98.2 cm³/mol. The van der Waals surface area contributed by atoms with Crippen molar-refractivity contribution in [3.05, 3.63) is 41.2 Å². The third kappa shape index (κ3) is 3.78. The number of benzene rings is 1. The van der Waals surface area contributed by atoms with Crippen molar-refractivity contribution >= 4 is 11.6 Å². The number of nitrogens with one attached hydrogen (secondary N) is 2. The zero-order valence-electron chi connectivity index (χ0n) is 15.1. The molecule has 1 saturated carbocycles. The molecule has 6 heteroatoms. The van der Waals surface area contributed by atoms with Crippen LogP contribution in [0.4, 0.5) is 5.69 Å². The first-order chi connectivity index (χ1) is 12.1. The second-order valence-electron chi connectivity index (χ2n) is 6.51. The van der Waals surface area contributed by atoms with Gasteiger partial charge >= 0.3 is 0 Å². The summed E-state index contributed by atoms with van der Waals surface area (Å²) in [6, 6.07) is 5.96. The Balaban J connectivity index is 1.72. The standard InChI is InChI=1S/C19H26N4O2/c1-13-15(12-23(22-13)16-6-4-5-7-16)11-21-17-9-8-14(19(24)20-2)10-18(17)25-3/h8-10,12,16,21H,4-7,11H2,1-3H3,(H,20,24). The van der Waals surface area contributed by atoms with Crippen LogP contribution in [0.2, 0.25) is 0 Å². The van der Waals surface area contributed by atoms with Crippen LogP contribution in [-0.4, -0.2) is 29.8 Å². The first-order valence-electron chi connectivity index (χ1n) is 8.81. The summed E-state index contributed by atoms with van der Waals surface area (Å²) in [6.45, 7) is 2.72. The van der Waals surface area contributed by atoms with Gasteiger partial charge in [-0.05, 0) is 38.0 Å². The van der Waals surface area contributed by atoms with Gasteiger partial charge in [0.25, 0.3) is 5.91 Å². The van der Waals surface area contributed by atoms with Crippen LogP contribution in [-0.2, 0) is 6.54 Å². The molecular formula is C19H26N4O2. The summed E-state index contributed by atoms with van der Waals surface area (Å²) in [4.78, 5) is 11.7. The van der Waals surface area contributed by atoms with Gasteiger partial charge in [0.1, 0.15) is 5.75 Å². The lowest BCUT2D eigenvalue weighted by molar-refractivity contribution is 0.0963. The van der Waals surface area contributed by atoms with Gasteiger partial charge in [-0.1, -0.05) is 12.8 Å². The number of ether oxygens (including phenoxy) is 1. The van der Waals surface area contributed by atoms with E-state index in [4.69, 9.17) is 4.74 Å².